The van der Waals surface area contributed by atoms with Crippen molar-refractivity contribution < 1.29 is 13.9 Å². The van der Waals surface area contributed by atoms with E-state index >= 15 is 0 Å². The summed E-state index contributed by atoms with van der Waals surface area (Å²) in [6, 6.07) is 7.08. The van der Waals surface area contributed by atoms with Gasteiger partial charge in [0.15, 0.2) is 11.6 Å². The van der Waals surface area contributed by atoms with E-state index in [0.717, 1.165) is 5.76 Å². The second kappa shape index (κ2) is 5.86. The van der Waals surface area contributed by atoms with Gasteiger partial charge in [-0.1, -0.05) is 0 Å². The number of rotatable bonds is 4. The maximum Gasteiger partial charge on any atom is 0.249 e. The van der Waals surface area contributed by atoms with Crippen molar-refractivity contribution in [1.29, 1.82) is 0 Å². The fourth-order valence-electron chi connectivity index (χ4n) is 1.51. The van der Waals surface area contributed by atoms with Gasteiger partial charge in [0.2, 0.25) is 5.91 Å². The van der Waals surface area contributed by atoms with Gasteiger partial charge in [-0.3, -0.25) is 4.79 Å². The van der Waals surface area contributed by atoms with Crippen molar-refractivity contribution in [2.24, 2.45) is 0 Å². The lowest BCUT2D eigenvalue weighted by Gasteiger charge is -2.06. The lowest BCUT2D eigenvalue weighted by molar-refractivity contribution is -0.111. The van der Waals surface area contributed by atoms with Crippen molar-refractivity contribution >= 4 is 17.8 Å². The van der Waals surface area contributed by atoms with Gasteiger partial charge >= 0.3 is 0 Å². The molecular weight excluding hydrogens is 244 g/mol. The minimum atomic E-state index is -0.300. The largest absolute Gasteiger partial charge is 0.493 e. The van der Waals surface area contributed by atoms with Crippen LogP contribution in [-0.2, 0) is 4.79 Å². The van der Waals surface area contributed by atoms with E-state index in [1.54, 1.807) is 30.5 Å². The highest BCUT2D eigenvalue weighted by Gasteiger charge is 2.05. The number of amides is 1. The molecule has 0 spiro atoms. The summed E-state index contributed by atoms with van der Waals surface area (Å²) in [4.78, 5) is 15.8. The topological polar surface area (TPSA) is 64.4 Å². The number of aryl methyl sites for hydroxylation is 1. The number of methoxy groups -OCH3 is 1. The van der Waals surface area contributed by atoms with Crippen LogP contribution < -0.4 is 10.1 Å². The molecule has 0 unspecified atom stereocenters. The van der Waals surface area contributed by atoms with Crippen LogP contribution in [0.15, 0.2) is 41.0 Å². The molecule has 0 bridgehead atoms. The van der Waals surface area contributed by atoms with Crippen LogP contribution in [0.25, 0.3) is 6.08 Å². The number of hydrogen-bond acceptors (Lipinski definition) is 4. The highest BCUT2D eigenvalue weighted by molar-refractivity contribution is 6.01. The van der Waals surface area contributed by atoms with Crippen LogP contribution >= 0.6 is 0 Å². The lowest BCUT2D eigenvalue weighted by atomic mass is 10.3. The van der Waals surface area contributed by atoms with Crippen molar-refractivity contribution in [3.63, 3.8) is 0 Å². The van der Waals surface area contributed by atoms with Crippen molar-refractivity contribution in [1.82, 2.24) is 4.98 Å². The van der Waals surface area contributed by atoms with E-state index in [1.807, 2.05) is 13.0 Å². The molecule has 5 nitrogen and oxygen atoms in total. The second-order valence-corrected chi connectivity index (χ2v) is 3.83. The first-order valence-electron chi connectivity index (χ1n) is 5.73. The predicted octanol–water partition coefficient (Wildman–Crippen LogP) is 2.64. The van der Waals surface area contributed by atoms with Gasteiger partial charge in [0.25, 0.3) is 0 Å². The zero-order chi connectivity index (χ0) is 13.7. The molecule has 0 saturated heterocycles. The molecule has 19 heavy (non-hydrogen) atoms. The fourth-order valence-corrected chi connectivity index (χ4v) is 1.51. The van der Waals surface area contributed by atoms with Gasteiger partial charge in [-0.2, -0.15) is 0 Å². The minimum Gasteiger partial charge on any atom is -0.493 e. The van der Waals surface area contributed by atoms with E-state index in [0.29, 0.717) is 17.3 Å². The minimum absolute atomic E-state index is 0.300. The van der Waals surface area contributed by atoms with E-state index in [-0.39, 0.29) is 5.91 Å². The van der Waals surface area contributed by atoms with Crippen LogP contribution in [0.1, 0.15) is 11.5 Å². The Kier molecular flexibility index (Phi) is 3.97. The van der Waals surface area contributed by atoms with Crippen LogP contribution in [0.4, 0.5) is 5.82 Å². The van der Waals surface area contributed by atoms with Crippen LogP contribution in [0.3, 0.4) is 0 Å². The molecule has 0 aliphatic heterocycles. The molecule has 2 heterocycles. The van der Waals surface area contributed by atoms with Gasteiger partial charge in [-0.25, -0.2) is 4.98 Å². The third-order valence-corrected chi connectivity index (χ3v) is 2.39. The monoisotopic (exact) mass is 258 g/mol. The van der Waals surface area contributed by atoms with Crippen LogP contribution in [0, 0.1) is 6.92 Å². The molecule has 0 fully saturated rings. The summed E-state index contributed by atoms with van der Waals surface area (Å²) in [5.41, 5.74) is 0. The molecule has 1 amide bonds. The summed E-state index contributed by atoms with van der Waals surface area (Å²) in [6.45, 7) is 1.84. The smallest absolute Gasteiger partial charge is 0.249 e. The number of carbonyl (C=O) groups is 1. The molecule has 0 radical (unpaired) electrons. The molecule has 5 heteroatoms. The summed E-state index contributed by atoms with van der Waals surface area (Å²) >= 11 is 0. The average Bonchev–Trinajstić information content (AvgIpc) is 2.83. The van der Waals surface area contributed by atoms with Gasteiger partial charge in [0, 0.05) is 12.3 Å². The highest BCUT2D eigenvalue weighted by atomic mass is 16.5. The van der Waals surface area contributed by atoms with Crippen LogP contribution in [0.2, 0.25) is 0 Å². The molecular formula is C14H14N2O3. The summed E-state index contributed by atoms with van der Waals surface area (Å²) < 4.78 is 10.4. The normalized spacial score (nSPS) is 10.6. The second-order valence-electron chi connectivity index (χ2n) is 3.83. The van der Waals surface area contributed by atoms with Crippen molar-refractivity contribution in [2.75, 3.05) is 12.4 Å². The highest BCUT2D eigenvalue weighted by Crippen LogP contribution is 2.19. The fraction of sp³-hybridized carbons (Fsp3) is 0.143. The Morgan fingerprint density at radius 2 is 2.26 bits per heavy atom. The Labute approximate surface area is 110 Å². The molecule has 0 aliphatic rings. The number of furan rings is 1. The van der Waals surface area contributed by atoms with Crippen LogP contribution in [0.5, 0.6) is 5.75 Å². The summed E-state index contributed by atoms with van der Waals surface area (Å²) in [5.74, 6) is 2.02. The maximum atomic E-state index is 11.7. The van der Waals surface area contributed by atoms with Gasteiger partial charge in [0.05, 0.1) is 7.11 Å². The predicted molar refractivity (Wildman–Crippen MR) is 71.9 cm³/mol. The number of nitrogens with zero attached hydrogens (tertiary/aromatic N) is 1. The molecule has 0 aliphatic carbocycles. The lowest BCUT2D eigenvalue weighted by Crippen LogP contribution is -2.10. The van der Waals surface area contributed by atoms with Crippen molar-refractivity contribution in [2.45, 2.75) is 6.92 Å². The van der Waals surface area contributed by atoms with E-state index in [9.17, 15) is 4.79 Å². The van der Waals surface area contributed by atoms with E-state index in [2.05, 4.69) is 10.3 Å². The summed E-state index contributed by atoms with van der Waals surface area (Å²) in [6.07, 6.45) is 4.56. The molecule has 2 aromatic heterocycles. The van der Waals surface area contributed by atoms with Crippen molar-refractivity contribution in [3.05, 3.63) is 48.1 Å². The third-order valence-electron chi connectivity index (χ3n) is 2.39. The van der Waals surface area contributed by atoms with Gasteiger partial charge in [0.1, 0.15) is 11.5 Å². The zero-order valence-electron chi connectivity index (χ0n) is 10.7. The van der Waals surface area contributed by atoms with Gasteiger partial charge in [-0.05, 0) is 37.3 Å². The van der Waals surface area contributed by atoms with Crippen molar-refractivity contribution in [3.8, 4) is 5.75 Å². The van der Waals surface area contributed by atoms with Gasteiger partial charge < -0.3 is 14.5 Å². The number of hydrogen-bond donors (Lipinski definition) is 1. The Bertz CT molecular complexity index is 602. The van der Waals surface area contributed by atoms with E-state index < -0.39 is 0 Å². The quantitative estimate of drug-likeness (QED) is 0.856. The summed E-state index contributed by atoms with van der Waals surface area (Å²) in [7, 11) is 1.52. The van der Waals surface area contributed by atoms with E-state index in [1.165, 1.54) is 13.2 Å². The Balaban J connectivity index is 2.03. The number of nitrogens with one attached hydrogen (secondary N) is 1. The number of ether oxygens (including phenoxy) is 1. The van der Waals surface area contributed by atoms with Gasteiger partial charge in [-0.15, -0.1) is 0 Å². The van der Waals surface area contributed by atoms with Crippen LogP contribution in [-0.4, -0.2) is 18.0 Å². The Hall–Kier alpha value is -2.56. The molecule has 2 rings (SSSR count). The molecule has 0 atom stereocenters. The number of carbonyl (C=O) groups excluding carboxylic acids is 1. The Morgan fingerprint density at radius 1 is 1.42 bits per heavy atom. The van der Waals surface area contributed by atoms with E-state index in [4.69, 9.17) is 9.15 Å². The first-order chi connectivity index (χ1) is 9.19. The maximum absolute atomic E-state index is 11.7. The molecule has 1 N–H and O–H groups in total. The standard InChI is InChI=1S/C14H14N2O3/c1-10-5-6-11(19-10)7-8-13(17)16-14-12(18-2)4-3-9-15-14/h3-9H,1-2H3,(H,15,16,17)/b8-7+. The molecule has 0 saturated carbocycles. The number of pyridine rings is 1. The Morgan fingerprint density at radius 3 is 2.95 bits per heavy atom. The number of aromatic nitrogens is 1. The zero-order valence-corrected chi connectivity index (χ0v) is 10.7. The third kappa shape index (κ3) is 3.45. The summed E-state index contributed by atoms with van der Waals surface area (Å²) in [5, 5.41) is 2.63. The molecule has 0 aromatic carbocycles. The average molecular weight is 258 g/mol. The SMILES string of the molecule is COc1cccnc1NC(=O)/C=C/c1ccc(C)o1. The first kappa shape index (κ1) is 12.9. The molecule has 2 aromatic rings. The molecule has 98 valence electrons. The number of anilines is 1. The first-order valence-corrected chi connectivity index (χ1v) is 5.73.